The molecule has 0 saturated heterocycles. The van der Waals surface area contributed by atoms with Crippen molar-refractivity contribution in [1.29, 1.82) is 0 Å². The number of rotatable bonds is 6. The Morgan fingerprint density at radius 1 is 1.46 bits per heavy atom. The van der Waals surface area contributed by atoms with E-state index in [9.17, 15) is 4.79 Å². The van der Waals surface area contributed by atoms with Gasteiger partial charge in [0.25, 0.3) is 5.91 Å². The van der Waals surface area contributed by atoms with E-state index < -0.39 is 0 Å². The van der Waals surface area contributed by atoms with Crippen LogP contribution in [-0.4, -0.2) is 45.9 Å². The molecule has 2 fully saturated rings. The topological polar surface area (TPSA) is 73.4 Å². The second kappa shape index (κ2) is 6.75. The summed E-state index contributed by atoms with van der Waals surface area (Å²) in [7, 11) is 1.77. The number of hydrogen-bond acceptors (Lipinski definition) is 4. The number of nitrogen functional groups attached to an aromatic ring is 1. The number of aryl methyl sites for hydroxylation is 1. The summed E-state index contributed by atoms with van der Waals surface area (Å²) in [6.07, 6.45) is 8.59. The summed E-state index contributed by atoms with van der Waals surface area (Å²) in [4.78, 5) is 15.2. The van der Waals surface area contributed by atoms with Gasteiger partial charge in [0.15, 0.2) is 0 Å². The quantitative estimate of drug-likeness (QED) is 0.868. The van der Waals surface area contributed by atoms with E-state index in [1.54, 1.807) is 17.9 Å². The van der Waals surface area contributed by atoms with Crippen LogP contribution in [0.2, 0.25) is 0 Å². The monoisotopic (exact) mass is 334 g/mol. The molecule has 6 nitrogen and oxygen atoms in total. The Balaban J connectivity index is 1.85. The van der Waals surface area contributed by atoms with Crippen LogP contribution in [0.5, 0.6) is 0 Å². The maximum Gasteiger partial charge on any atom is 0.259 e. The zero-order valence-corrected chi connectivity index (χ0v) is 15.1. The van der Waals surface area contributed by atoms with Gasteiger partial charge in [-0.25, -0.2) is 0 Å². The van der Waals surface area contributed by atoms with Crippen LogP contribution < -0.4 is 5.73 Å². The molecule has 0 aliphatic heterocycles. The third-order valence-corrected chi connectivity index (χ3v) is 5.96. The number of carbonyl (C=O) groups is 1. The Labute approximate surface area is 144 Å². The molecule has 3 rings (SSSR count). The van der Waals surface area contributed by atoms with Gasteiger partial charge < -0.3 is 15.4 Å². The lowest BCUT2D eigenvalue weighted by Gasteiger charge is -2.57. The molecule has 2 aliphatic rings. The number of nitrogens with two attached hydrogens (primary N) is 1. The smallest absolute Gasteiger partial charge is 0.259 e. The van der Waals surface area contributed by atoms with Crippen LogP contribution >= 0.6 is 0 Å². The number of hydrogen-bond donors (Lipinski definition) is 1. The van der Waals surface area contributed by atoms with Gasteiger partial charge in [0, 0.05) is 31.7 Å². The molecule has 2 saturated carbocycles. The third kappa shape index (κ3) is 2.61. The van der Waals surface area contributed by atoms with Gasteiger partial charge in [-0.1, -0.05) is 19.8 Å². The highest BCUT2D eigenvalue weighted by atomic mass is 16.5. The highest BCUT2D eigenvalue weighted by molar-refractivity contribution is 5.98. The van der Waals surface area contributed by atoms with Crippen molar-refractivity contribution in [2.75, 3.05) is 18.9 Å². The van der Waals surface area contributed by atoms with Crippen LogP contribution in [0.25, 0.3) is 0 Å². The molecular weight excluding hydrogens is 304 g/mol. The fourth-order valence-electron chi connectivity index (χ4n) is 4.69. The van der Waals surface area contributed by atoms with Crippen molar-refractivity contribution in [3.8, 4) is 0 Å². The molecule has 2 aliphatic carbocycles. The van der Waals surface area contributed by atoms with Crippen molar-refractivity contribution in [1.82, 2.24) is 14.7 Å². The predicted octanol–water partition coefficient (Wildman–Crippen LogP) is 2.59. The van der Waals surface area contributed by atoms with Gasteiger partial charge in [-0.05, 0) is 32.6 Å². The van der Waals surface area contributed by atoms with E-state index in [4.69, 9.17) is 10.5 Å². The molecule has 1 amide bonds. The summed E-state index contributed by atoms with van der Waals surface area (Å²) in [5.74, 6) is 0.468. The number of nitrogens with zero attached hydrogens (tertiary/aromatic N) is 3. The molecule has 24 heavy (non-hydrogen) atoms. The minimum atomic E-state index is 0.0219. The Bertz CT molecular complexity index is 592. The van der Waals surface area contributed by atoms with Crippen LogP contribution in [0, 0.1) is 5.41 Å². The number of aromatic nitrogens is 2. The van der Waals surface area contributed by atoms with Crippen molar-refractivity contribution >= 4 is 11.7 Å². The van der Waals surface area contributed by atoms with E-state index >= 15 is 0 Å². The van der Waals surface area contributed by atoms with Crippen molar-refractivity contribution in [2.45, 2.75) is 64.5 Å². The van der Waals surface area contributed by atoms with Gasteiger partial charge >= 0.3 is 0 Å². The zero-order chi connectivity index (χ0) is 17.3. The van der Waals surface area contributed by atoms with Crippen molar-refractivity contribution < 1.29 is 9.53 Å². The summed E-state index contributed by atoms with van der Waals surface area (Å²) in [6, 6.07) is 0.267. The molecule has 6 heteroatoms. The van der Waals surface area contributed by atoms with Gasteiger partial charge in [0.1, 0.15) is 11.4 Å². The summed E-state index contributed by atoms with van der Waals surface area (Å²) in [6.45, 7) is 5.68. The third-order valence-electron chi connectivity index (χ3n) is 5.96. The summed E-state index contributed by atoms with van der Waals surface area (Å²) in [5, 5.41) is 4.14. The van der Waals surface area contributed by atoms with Crippen molar-refractivity contribution in [3.63, 3.8) is 0 Å². The molecule has 2 atom stereocenters. The van der Waals surface area contributed by atoms with Crippen LogP contribution in [0.4, 0.5) is 5.82 Å². The largest absolute Gasteiger partial charge is 0.383 e. The van der Waals surface area contributed by atoms with Crippen molar-refractivity contribution in [2.24, 2.45) is 12.5 Å². The molecule has 2 N–H and O–H groups in total. The van der Waals surface area contributed by atoms with Crippen LogP contribution in [-0.2, 0) is 11.8 Å². The summed E-state index contributed by atoms with van der Waals surface area (Å²) in [5.41, 5.74) is 6.72. The van der Waals surface area contributed by atoms with Crippen LogP contribution in [0.1, 0.15) is 62.7 Å². The molecule has 134 valence electrons. The van der Waals surface area contributed by atoms with Crippen LogP contribution in [0.15, 0.2) is 6.20 Å². The van der Waals surface area contributed by atoms with Crippen molar-refractivity contribution in [3.05, 3.63) is 11.8 Å². The zero-order valence-electron chi connectivity index (χ0n) is 15.1. The first-order valence-electron chi connectivity index (χ1n) is 9.25. The Morgan fingerprint density at radius 2 is 2.17 bits per heavy atom. The molecule has 0 bridgehead atoms. The van der Waals surface area contributed by atoms with E-state index in [2.05, 4.69) is 18.9 Å². The highest BCUT2D eigenvalue weighted by Gasteiger charge is 2.59. The SMILES string of the molecule is CCCN(C(=O)c1cnn(C)c1N)C1CC(OCC)C12CCCC2. The maximum atomic E-state index is 13.2. The normalized spacial score (nSPS) is 25.0. The van der Waals surface area contributed by atoms with Crippen LogP contribution in [0.3, 0.4) is 0 Å². The summed E-state index contributed by atoms with van der Waals surface area (Å²) < 4.78 is 7.57. The second-order valence-electron chi connectivity index (χ2n) is 7.20. The van der Waals surface area contributed by atoms with E-state index in [0.29, 0.717) is 17.5 Å². The standard InChI is InChI=1S/C18H30N4O2/c1-4-10-22(17(23)13-12-20-21(3)16(13)19)14-11-15(24-5-2)18(14)8-6-7-9-18/h12,14-15H,4-11,19H2,1-3H3. The number of ether oxygens (including phenoxy) is 1. The minimum absolute atomic E-state index is 0.0219. The van der Waals surface area contributed by atoms with Gasteiger partial charge in [0.05, 0.1) is 12.3 Å². The van der Waals surface area contributed by atoms with Gasteiger partial charge in [0.2, 0.25) is 0 Å². The molecule has 0 radical (unpaired) electrons. The molecule has 1 spiro atoms. The Hall–Kier alpha value is -1.56. The van der Waals surface area contributed by atoms with Gasteiger partial charge in [-0.15, -0.1) is 0 Å². The first-order valence-corrected chi connectivity index (χ1v) is 9.25. The Kier molecular flexibility index (Phi) is 4.85. The molecule has 2 unspecified atom stereocenters. The highest BCUT2D eigenvalue weighted by Crippen LogP contribution is 2.56. The molecule has 1 aromatic heterocycles. The molecule has 0 aromatic carbocycles. The van der Waals surface area contributed by atoms with E-state index in [1.165, 1.54) is 25.7 Å². The average Bonchev–Trinajstić information content (AvgIpc) is 3.19. The van der Waals surface area contributed by atoms with E-state index in [-0.39, 0.29) is 17.4 Å². The minimum Gasteiger partial charge on any atom is -0.383 e. The predicted molar refractivity (Wildman–Crippen MR) is 93.7 cm³/mol. The summed E-state index contributed by atoms with van der Waals surface area (Å²) >= 11 is 0. The maximum absolute atomic E-state index is 13.2. The number of amides is 1. The number of carbonyl (C=O) groups excluding carboxylic acids is 1. The lowest BCUT2D eigenvalue weighted by atomic mass is 9.59. The fourth-order valence-corrected chi connectivity index (χ4v) is 4.69. The Morgan fingerprint density at radius 3 is 2.71 bits per heavy atom. The first kappa shape index (κ1) is 17.3. The van der Waals surface area contributed by atoms with E-state index in [1.807, 2.05) is 4.90 Å². The van der Waals surface area contributed by atoms with E-state index in [0.717, 1.165) is 26.0 Å². The molecular formula is C18H30N4O2. The fraction of sp³-hybridized carbons (Fsp3) is 0.778. The lowest BCUT2D eigenvalue weighted by molar-refractivity contribution is -0.156. The lowest BCUT2D eigenvalue weighted by Crippen LogP contribution is -2.65. The molecule has 1 aromatic rings. The number of anilines is 1. The first-order chi connectivity index (χ1) is 11.5. The average molecular weight is 334 g/mol. The van der Waals surface area contributed by atoms with Gasteiger partial charge in [-0.3, -0.25) is 9.48 Å². The molecule has 1 heterocycles. The second-order valence-corrected chi connectivity index (χ2v) is 7.20. The van der Waals surface area contributed by atoms with Gasteiger partial charge in [-0.2, -0.15) is 5.10 Å².